The predicted octanol–water partition coefficient (Wildman–Crippen LogP) is -0.342. The fraction of sp³-hybridized carbons (Fsp3) is 0.385. The maximum atomic E-state index is 11.9. The Morgan fingerprint density at radius 1 is 1.59 bits per heavy atom. The van der Waals surface area contributed by atoms with Crippen molar-refractivity contribution in [1.82, 2.24) is 15.5 Å². The van der Waals surface area contributed by atoms with Crippen molar-refractivity contribution >= 4 is 35.1 Å². The van der Waals surface area contributed by atoms with Gasteiger partial charge in [0.2, 0.25) is 5.91 Å². The monoisotopic (exact) mass is 325 g/mol. The van der Waals surface area contributed by atoms with Gasteiger partial charge in [0.15, 0.2) is 10.9 Å². The molecule has 1 atom stereocenters. The van der Waals surface area contributed by atoms with Crippen molar-refractivity contribution < 1.29 is 23.5 Å². The lowest BCUT2D eigenvalue weighted by Gasteiger charge is -2.35. The van der Waals surface area contributed by atoms with Crippen LogP contribution in [-0.4, -0.2) is 54.0 Å². The fourth-order valence-corrected chi connectivity index (χ4v) is 2.35. The number of piperazine rings is 1. The minimum atomic E-state index is -0.814. The number of nitrogens with zero attached hydrogens (tertiary/aromatic N) is 1. The summed E-state index contributed by atoms with van der Waals surface area (Å²) >= 11 is 5.16. The van der Waals surface area contributed by atoms with E-state index in [1.807, 2.05) is 0 Å². The predicted molar refractivity (Wildman–Crippen MR) is 78.9 cm³/mol. The zero-order valence-corrected chi connectivity index (χ0v) is 12.6. The molecule has 1 aliphatic heterocycles. The molecule has 1 fully saturated rings. The first kappa shape index (κ1) is 16.0. The van der Waals surface area contributed by atoms with E-state index in [1.165, 1.54) is 24.3 Å². The van der Waals surface area contributed by atoms with Gasteiger partial charge in [-0.15, -0.1) is 0 Å². The highest BCUT2D eigenvalue weighted by Gasteiger charge is 2.34. The van der Waals surface area contributed by atoms with Crippen molar-refractivity contribution in [2.24, 2.45) is 0 Å². The number of thiocarbonyl (C=S) groups is 1. The Kier molecular flexibility index (Phi) is 5.10. The number of esters is 1. The van der Waals surface area contributed by atoms with Crippen LogP contribution >= 0.6 is 12.2 Å². The van der Waals surface area contributed by atoms with Crippen molar-refractivity contribution in [1.29, 1.82) is 0 Å². The largest absolute Gasteiger partial charge is 0.469 e. The molecule has 0 aliphatic carbocycles. The number of carbonyl (C=O) groups is 3. The van der Waals surface area contributed by atoms with Gasteiger partial charge < -0.3 is 19.4 Å². The maximum Gasteiger partial charge on any atom is 0.308 e. The molecule has 8 nitrogen and oxygen atoms in total. The van der Waals surface area contributed by atoms with E-state index in [4.69, 9.17) is 16.6 Å². The lowest BCUT2D eigenvalue weighted by Crippen LogP contribution is -2.60. The van der Waals surface area contributed by atoms with Crippen LogP contribution in [0.5, 0.6) is 0 Å². The Balaban J connectivity index is 2.06. The minimum Gasteiger partial charge on any atom is -0.469 e. The number of carbonyl (C=O) groups excluding carboxylic acids is 3. The van der Waals surface area contributed by atoms with Gasteiger partial charge in [-0.3, -0.25) is 19.7 Å². The van der Waals surface area contributed by atoms with Crippen LogP contribution in [0.15, 0.2) is 22.8 Å². The lowest BCUT2D eigenvalue weighted by molar-refractivity contribution is -0.144. The van der Waals surface area contributed by atoms with Gasteiger partial charge in [0.25, 0.3) is 5.91 Å². The molecule has 2 heterocycles. The Bertz CT molecular complexity index is 587. The molecule has 22 heavy (non-hydrogen) atoms. The standard InChI is InChI=1S/C13H15N3O5S/c1-20-10(17)7-8-11(18)14-4-5-16(8)13(22)15-12(19)9-3-2-6-21-9/h2-3,6,8H,4-5,7H2,1H3,(H,14,18)(H,15,19,22)/t8-/m1/s1. The number of ether oxygens (including phenoxy) is 1. The van der Waals surface area contributed by atoms with Crippen molar-refractivity contribution in [3.8, 4) is 0 Å². The number of methoxy groups -OCH3 is 1. The molecule has 118 valence electrons. The highest BCUT2D eigenvalue weighted by atomic mass is 32.1. The number of nitrogens with one attached hydrogen (secondary N) is 2. The number of amides is 2. The third-order valence-electron chi connectivity index (χ3n) is 3.14. The summed E-state index contributed by atoms with van der Waals surface area (Å²) in [5.41, 5.74) is 0. The highest BCUT2D eigenvalue weighted by Crippen LogP contribution is 2.11. The van der Waals surface area contributed by atoms with Crippen LogP contribution in [0.2, 0.25) is 0 Å². The van der Waals surface area contributed by atoms with Crippen LogP contribution in [0.3, 0.4) is 0 Å². The molecule has 2 amide bonds. The van der Waals surface area contributed by atoms with E-state index in [1.54, 1.807) is 6.07 Å². The summed E-state index contributed by atoms with van der Waals surface area (Å²) in [7, 11) is 1.24. The van der Waals surface area contributed by atoms with Crippen molar-refractivity contribution in [3.05, 3.63) is 24.2 Å². The Morgan fingerprint density at radius 3 is 3.00 bits per heavy atom. The molecule has 9 heteroatoms. The van der Waals surface area contributed by atoms with Gasteiger partial charge in [-0.2, -0.15) is 0 Å². The maximum absolute atomic E-state index is 11.9. The summed E-state index contributed by atoms with van der Waals surface area (Å²) < 4.78 is 9.55. The number of hydrogen-bond donors (Lipinski definition) is 2. The molecule has 1 aromatic rings. The van der Waals surface area contributed by atoms with Gasteiger partial charge >= 0.3 is 5.97 Å². The van der Waals surface area contributed by atoms with Gasteiger partial charge in [0.05, 0.1) is 19.8 Å². The molecule has 2 rings (SSSR count). The summed E-state index contributed by atoms with van der Waals surface area (Å²) in [6.07, 6.45) is 1.21. The molecule has 0 unspecified atom stereocenters. The van der Waals surface area contributed by atoms with Crippen LogP contribution < -0.4 is 10.6 Å². The second kappa shape index (κ2) is 7.03. The minimum absolute atomic E-state index is 0.0603. The van der Waals surface area contributed by atoms with E-state index in [0.29, 0.717) is 13.1 Å². The molecule has 0 spiro atoms. The van der Waals surface area contributed by atoms with E-state index in [9.17, 15) is 14.4 Å². The fourth-order valence-electron chi connectivity index (χ4n) is 2.04. The first-order chi connectivity index (χ1) is 10.5. The van der Waals surface area contributed by atoms with E-state index in [0.717, 1.165) is 0 Å². The van der Waals surface area contributed by atoms with Crippen molar-refractivity contribution in [3.63, 3.8) is 0 Å². The van der Waals surface area contributed by atoms with Gasteiger partial charge in [0.1, 0.15) is 6.04 Å². The van der Waals surface area contributed by atoms with Crippen LogP contribution in [0.25, 0.3) is 0 Å². The molecule has 2 N–H and O–H groups in total. The molecule has 1 aromatic heterocycles. The molecule has 1 aliphatic rings. The van der Waals surface area contributed by atoms with E-state index in [-0.39, 0.29) is 23.2 Å². The Morgan fingerprint density at radius 2 is 2.36 bits per heavy atom. The molecular weight excluding hydrogens is 310 g/mol. The molecular formula is C13H15N3O5S. The second-order valence-electron chi connectivity index (χ2n) is 4.52. The van der Waals surface area contributed by atoms with Crippen molar-refractivity contribution in [2.45, 2.75) is 12.5 Å². The SMILES string of the molecule is COC(=O)C[C@@H]1C(=O)NCCN1C(=S)NC(=O)c1ccco1. The third-order valence-corrected chi connectivity index (χ3v) is 3.48. The summed E-state index contributed by atoms with van der Waals surface area (Å²) in [5.74, 6) is -1.29. The zero-order valence-electron chi connectivity index (χ0n) is 11.8. The van der Waals surface area contributed by atoms with Gasteiger partial charge in [-0.1, -0.05) is 0 Å². The average molecular weight is 325 g/mol. The third kappa shape index (κ3) is 3.61. The lowest BCUT2D eigenvalue weighted by atomic mass is 10.1. The van der Waals surface area contributed by atoms with Gasteiger partial charge in [-0.05, 0) is 24.4 Å². The van der Waals surface area contributed by atoms with Gasteiger partial charge in [-0.25, -0.2) is 0 Å². The highest BCUT2D eigenvalue weighted by molar-refractivity contribution is 7.80. The van der Waals surface area contributed by atoms with E-state index >= 15 is 0 Å². The summed E-state index contributed by atoms with van der Waals surface area (Å²) in [6.45, 7) is 0.748. The summed E-state index contributed by atoms with van der Waals surface area (Å²) in [5, 5.41) is 5.19. The number of rotatable bonds is 3. The zero-order chi connectivity index (χ0) is 16.1. The molecule has 0 bridgehead atoms. The van der Waals surface area contributed by atoms with Crippen LogP contribution in [0.4, 0.5) is 0 Å². The first-order valence-electron chi connectivity index (χ1n) is 6.53. The van der Waals surface area contributed by atoms with Crippen molar-refractivity contribution in [2.75, 3.05) is 20.2 Å². The average Bonchev–Trinajstić information content (AvgIpc) is 3.03. The summed E-state index contributed by atoms with van der Waals surface area (Å²) in [4.78, 5) is 36.8. The Labute approximate surface area is 131 Å². The van der Waals surface area contributed by atoms with Crippen LogP contribution in [0, 0.1) is 0 Å². The first-order valence-corrected chi connectivity index (χ1v) is 6.93. The molecule has 0 aromatic carbocycles. The molecule has 1 saturated heterocycles. The Hall–Kier alpha value is -2.42. The van der Waals surface area contributed by atoms with Crippen LogP contribution in [0.1, 0.15) is 17.0 Å². The van der Waals surface area contributed by atoms with Crippen LogP contribution in [-0.2, 0) is 14.3 Å². The topological polar surface area (TPSA) is 101 Å². The summed E-state index contributed by atoms with van der Waals surface area (Å²) in [6, 6.07) is 2.25. The second-order valence-corrected chi connectivity index (χ2v) is 4.90. The molecule has 0 radical (unpaired) electrons. The number of furan rings is 1. The number of hydrogen-bond acceptors (Lipinski definition) is 6. The van der Waals surface area contributed by atoms with E-state index < -0.39 is 17.9 Å². The quantitative estimate of drug-likeness (QED) is 0.579. The normalized spacial score (nSPS) is 17.6. The van der Waals surface area contributed by atoms with E-state index in [2.05, 4.69) is 15.4 Å². The smallest absolute Gasteiger partial charge is 0.308 e. The molecule has 0 saturated carbocycles. The van der Waals surface area contributed by atoms with Gasteiger partial charge in [0, 0.05) is 13.1 Å².